The number of carbonyl (C=O) groups is 1. The van der Waals surface area contributed by atoms with Crippen molar-refractivity contribution in [1.29, 1.82) is 0 Å². The van der Waals surface area contributed by atoms with E-state index in [0.717, 1.165) is 51.4 Å². The predicted molar refractivity (Wildman–Crippen MR) is 181 cm³/mol. The summed E-state index contributed by atoms with van der Waals surface area (Å²) in [6, 6.07) is 0. The van der Waals surface area contributed by atoms with Gasteiger partial charge in [0.1, 0.15) is 6.10 Å². The second-order valence-electron chi connectivity index (χ2n) is 13.2. The minimum absolute atomic E-state index is 0.0285. The molecule has 0 amide bonds. The molecule has 2 atom stereocenters. The average molecular weight is 581 g/mol. The van der Waals surface area contributed by atoms with Crippen LogP contribution < -0.4 is 0 Å². The lowest BCUT2D eigenvalue weighted by Gasteiger charge is -2.18. The Morgan fingerprint density at radius 1 is 0.439 bits per heavy atom. The molecule has 0 aliphatic heterocycles. The zero-order valence-electron chi connectivity index (χ0n) is 28.5. The number of ether oxygens (including phenoxy) is 1. The zero-order chi connectivity index (χ0) is 30.1. The van der Waals surface area contributed by atoms with Gasteiger partial charge in [-0.05, 0) is 44.9 Å². The summed E-state index contributed by atoms with van der Waals surface area (Å²) >= 11 is 0. The third-order valence-electron chi connectivity index (χ3n) is 8.87. The highest BCUT2D eigenvalue weighted by molar-refractivity contribution is 5.69. The van der Waals surface area contributed by atoms with Crippen LogP contribution in [0.15, 0.2) is 0 Å². The predicted octanol–water partition coefficient (Wildman–Crippen LogP) is 12.8. The van der Waals surface area contributed by atoms with Crippen LogP contribution in [0.1, 0.15) is 226 Å². The molecule has 0 aromatic heterocycles. The van der Waals surface area contributed by atoms with Crippen LogP contribution in [0.5, 0.6) is 0 Å². The van der Waals surface area contributed by atoms with Crippen molar-refractivity contribution in [3.8, 4) is 0 Å². The molecular formula is C38H76O3. The Morgan fingerprint density at radius 3 is 1.10 bits per heavy atom. The normalized spacial score (nSPS) is 13.0. The molecule has 3 heteroatoms. The van der Waals surface area contributed by atoms with Crippen molar-refractivity contribution in [2.45, 2.75) is 238 Å². The monoisotopic (exact) mass is 581 g/mol. The fourth-order valence-corrected chi connectivity index (χ4v) is 6.00. The van der Waals surface area contributed by atoms with E-state index in [1.165, 1.54) is 148 Å². The molecule has 0 aliphatic rings. The molecule has 246 valence electrons. The summed E-state index contributed by atoms with van der Waals surface area (Å²) in [5, 5.41) is 10.2. The van der Waals surface area contributed by atoms with Crippen molar-refractivity contribution >= 4 is 5.97 Å². The molecule has 0 aromatic rings. The van der Waals surface area contributed by atoms with E-state index in [-0.39, 0.29) is 18.2 Å². The molecule has 1 N–H and O–H groups in total. The van der Waals surface area contributed by atoms with Crippen LogP contribution in [-0.2, 0) is 9.53 Å². The van der Waals surface area contributed by atoms with Crippen molar-refractivity contribution in [2.24, 2.45) is 0 Å². The molecule has 0 radical (unpaired) electrons. The number of rotatable bonds is 34. The Kier molecular flexibility index (Phi) is 33.5. The second kappa shape index (κ2) is 33.9. The molecule has 2 unspecified atom stereocenters. The largest absolute Gasteiger partial charge is 0.462 e. The molecule has 0 fully saturated rings. The molecule has 41 heavy (non-hydrogen) atoms. The molecule has 0 spiro atoms. The van der Waals surface area contributed by atoms with Crippen LogP contribution in [0.25, 0.3) is 0 Å². The minimum atomic E-state index is -0.116. The third-order valence-corrected chi connectivity index (χ3v) is 8.87. The fourth-order valence-electron chi connectivity index (χ4n) is 6.00. The van der Waals surface area contributed by atoms with Crippen molar-refractivity contribution in [2.75, 3.05) is 0 Å². The van der Waals surface area contributed by atoms with E-state index < -0.39 is 0 Å². The number of hydrogen-bond acceptors (Lipinski definition) is 3. The summed E-state index contributed by atoms with van der Waals surface area (Å²) in [5.41, 5.74) is 0. The van der Waals surface area contributed by atoms with Crippen LogP contribution in [0.3, 0.4) is 0 Å². The molecule has 0 aliphatic carbocycles. The third kappa shape index (κ3) is 32.2. The van der Waals surface area contributed by atoms with Crippen LogP contribution >= 0.6 is 0 Å². The smallest absolute Gasteiger partial charge is 0.306 e. The van der Waals surface area contributed by atoms with Gasteiger partial charge in [-0.1, -0.05) is 175 Å². The molecule has 0 aromatic carbocycles. The number of hydrogen-bond donors (Lipinski definition) is 1. The number of aliphatic hydroxyl groups excluding tert-OH is 1. The fraction of sp³-hybridized carbons (Fsp3) is 0.974. The van der Waals surface area contributed by atoms with Gasteiger partial charge >= 0.3 is 5.97 Å². The standard InChI is InChI=1S/C38H76O3/c1-4-7-10-13-15-16-17-19-24-29-34-37(33-28-21-12-9-6-3)41-38(40)35-30-25-20-23-27-32-36(39)31-26-22-18-14-11-8-5-2/h36-37,39H,4-35H2,1-3H3. The lowest BCUT2D eigenvalue weighted by molar-refractivity contribution is -0.150. The van der Waals surface area contributed by atoms with Crippen molar-refractivity contribution in [1.82, 2.24) is 0 Å². The quantitative estimate of drug-likeness (QED) is 0.0608. The van der Waals surface area contributed by atoms with Crippen LogP contribution in [0.2, 0.25) is 0 Å². The summed E-state index contributed by atoms with van der Waals surface area (Å²) in [7, 11) is 0. The van der Waals surface area contributed by atoms with Gasteiger partial charge < -0.3 is 9.84 Å². The lowest BCUT2D eigenvalue weighted by atomic mass is 10.0. The van der Waals surface area contributed by atoms with Gasteiger partial charge in [0.05, 0.1) is 6.10 Å². The lowest BCUT2D eigenvalue weighted by Crippen LogP contribution is -2.18. The Labute approximate surface area is 258 Å². The van der Waals surface area contributed by atoms with E-state index in [0.29, 0.717) is 6.42 Å². The summed E-state index contributed by atoms with van der Waals surface area (Å²) in [6.45, 7) is 6.80. The Balaban J connectivity index is 3.90. The van der Waals surface area contributed by atoms with E-state index in [9.17, 15) is 9.90 Å². The molecular weight excluding hydrogens is 504 g/mol. The van der Waals surface area contributed by atoms with Gasteiger partial charge in [-0.25, -0.2) is 0 Å². The first kappa shape index (κ1) is 40.4. The topological polar surface area (TPSA) is 46.5 Å². The summed E-state index contributed by atoms with van der Waals surface area (Å²) in [5.74, 6) is 0.0285. The maximum Gasteiger partial charge on any atom is 0.306 e. The van der Waals surface area contributed by atoms with Gasteiger partial charge in [0, 0.05) is 6.42 Å². The van der Waals surface area contributed by atoms with Crippen LogP contribution in [0.4, 0.5) is 0 Å². The highest BCUT2D eigenvalue weighted by Gasteiger charge is 2.14. The SMILES string of the molecule is CCCCCCCCCCCCC(CCCCCCC)OC(=O)CCCCCCCC(O)CCCCCCCCC. The maximum atomic E-state index is 12.6. The van der Waals surface area contributed by atoms with Gasteiger partial charge in [0.2, 0.25) is 0 Å². The van der Waals surface area contributed by atoms with Crippen molar-refractivity contribution < 1.29 is 14.6 Å². The van der Waals surface area contributed by atoms with E-state index in [1.54, 1.807) is 0 Å². The average Bonchev–Trinajstić information content (AvgIpc) is 2.96. The van der Waals surface area contributed by atoms with Crippen LogP contribution in [-0.4, -0.2) is 23.3 Å². The molecule has 0 rings (SSSR count). The number of esters is 1. The van der Waals surface area contributed by atoms with Gasteiger partial charge in [-0.15, -0.1) is 0 Å². The molecule has 0 saturated heterocycles. The first-order valence-electron chi connectivity index (χ1n) is 19.0. The highest BCUT2D eigenvalue weighted by atomic mass is 16.5. The maximum absolute atomic E-state index is 12.6. The Morgan fingerprint density at radius 2 is 0.732 bits per heavy atom. The summed E-state index contributed by atoms with van der Waals surface area (Å²) in [6.07, 6.45) is 39.2. The van der Waals surface area contributed by atoms with Crippen LogP contribution in [0, 0.1) is 0 Å². The van der Waals surface area contributed by atoms with Gasteiger partial charge in [-0.3, -0.25) is 4.79 Å². The first-order valence-corrected chi connectivity index (χ1v) is 19.0. The second-order valence-corrected chi connectivity index (χ2v) is 13.2. The first-order chi connectivity index (χ1) is 20.1. The van der Waals surface area contributed by atoms with Crippen molar-refractivity contribution in [3.05, 3.63) is 0 Å². The van der Waals surface area contributed by atoms with Crippen molar-refractivity contribution in [3.63, 3.8) is 0 Å². The van der Waals surface area contributed by atoms with Gasteiger partial charge in [0.15, 0.2) is 0 Å². The Bertz CT molecular complexity index is 506. The van der Waals surface area contributed by atoms with Gasteiger partial charge in [0.25, 0.3) is 0 Å². The summed E-state index contributed by atoms with van der Waals surface area (Å²) < 4.78 is 6.00. The highest BCUT2D eigenvalue weighted by Crippen LogP contribution is 2.19. The number of unbranched alkanes of at least 4 members (excludes halogenated alkanes) is 23. The van der Waals surface area contributed by atoms with E-state index >= 15 is 0 Å². The summed E-state index contributed by atoms with van der Waals surface area (Å²) in [4.78, 5) is 12.6. The van der Waals surface area contributed by atoms with Gasteiger partial charge in [-0.2, -0.15) is 0 Å². The molecule has 3 nitrogen and oxygen atoms in total. The van der Waals surface area contributed by atoms with E-state index in [4.69, 9.17) is 4.74 Å². The zero-order valence-corrected chi connectivity index (χ0v) is 28.5. The Hall–Kier alpha value is -0.570. The van der Waals surface area contributed by atoms with E-state index in [2.05, 4.69) is 20.8 Å². The molecule has 0 bridgehead atoms. The van der Waals surface area contributed by atoms with E-state index in [1.807, 2.05) is 0 Å². The minimum Gasteiger partial charge on any atom is -0.462 e. The number of aliphatic hydroxyl groups is 1. The number of carbonyl (C=O) groups excluding carboxylic acids is 1. The molecule has 0 saturated carbocycles. The molecule has 0 heterocycles.